The standard InChI is InChI=1S/C22H28N6O3/c1-31-17-9-7-16(8-10-17)25-22(30)28-12-14(13-28)19-26-20(18(11-23)21(29)27-19)24-15-5-3-2-4-6-15/h7-11,14-15,23H,2-6,12-13H2,1H3,(H,25,30)(H2,24,26,27,29). The lowest BCUT2D eigenvalue weighted by Crippen LogP contribution is -2.51. The second kappa shape index (κ2) is 9.20. The van der Waals surface area contributed by atoms with E-state index in [2.05, 4.69) is 20.6 Å². The van der Waals surface area contributed by atoms with E-state index in [1.165, 1.54) is 6.42 Å². The number of H-pyrrole nitrogens is 1. The fourth-order valence-electron chi connectivity index (χ4n) is 4.07. The van der Waals surface area contributed by atoms with Gasteiger partial charge in [-0.3, -0.25) is 4.79 Å². The predicted octanol–water partition coefficient (Wildman–Crippen LogP) is 3.15. The third-order valence-corrected chi connectivity index (χ3v) is 5.96. The van der Waals surface area contributed by atoms with Gasteiger partial charge in [-0.25, -0.2) is 9.78 Å². The lowest BCUT2D eigenvalue weighted by atomic mass is 9.95. The first kappa shape index (κ1) is 20.9. The molecule has 0 atom stereocenters. The van der Waals surface area contributed by atoms with E-state index in [1.807, 2.05) is 0 Å². The Bertz CT molecular complexity index is 991. The Morgan fingerprint density at radius 3 is 2.58 bits per heavy atom. The second-order valence-electron chi connectivity index (χ2n) is 8.10. The molecule has 1 saturated heterocycles. The number of likely N-dealkylation sites (tertiary alicyclic amines) is 1. The summed E-state index contributed by atoms with van der Waals surface area (Å²) in [4.78, 5) is 34.1. The zero-order chi connectivity index (χ0) is 21.8. The smallest absolute Gasteiger partial charge is 0.321 e. The topological polar surface area (TPSA) is 123 Å². The third-order valence-electron chi connectivity index (χ3n) is 5.96. The van der Waals surface area contributed by atoms with Gasteiger partial charge in [0.1, 0.15) is 17.4 Å². The summed E-state index contributed by atoms with van der Waals surface area (Å²) in [5.74, 6) is 1.72. The molecule has 31 heavy (non-hydrogen) atoms. The van der Waals surface area contributed by atoms with Gasteiger partial charge in [0.05, 0.1) is 18.6 Å². The number of urea groups is 1. The van der Waals surface area contributed by atoms with Crippen molar-refractivity contribution < 1.29 is 9.53 Å². The molecule has 2 aromatic rings. The van der Waals surface area contributed by atoms with Crippen LogP contribution >= 0.6 is 0 Å². The molecule has 0 bridgehead atoms. The molecular weight excluding hydrogens is 396 g/mol. The first-order valence-electron chi connectivity index (χ1n) is 10.7. The first-order valence-corrected chi connectivity index (χ1v) is 10.7. The molecule has 2 heterocycles. The number of methoxy groups -OCH3 is 1. The lowest BCUT2D eigenvalue weighted by molar-refractivity contribution is 0.160. The molecule has 0 spiro atoms. The summed E-state index contributed by atoms with van der Waals surface area (Å²) in [5.41, 5.74) is 0.622. The van der Waals surface area contributed by atoms with Crippen LogP contribution in [0.3, 0.4) is 0 Å². The van der Waals surface area contributed by atoms with Crippen LogP contribution in [0.2, 0.25) is 0 Å². The summed E-state index contributed by atoms with van der Waals surface area (Å²) >= 11 is 0. The average molecular weight is 425 g/mol. The van der Waals surface area contributed by atoms with Crippen LogP contribution in [0, 0.1) is 5.41 Å². The van der Waals surface area contributed by atoms with Crippen LogP contribution in [-0.2, 0) is 0 Å². The predicted molar refractivity (Wildman–Crippen MR) is 120 cm³/mol. The fourth-order valence-corrected chi connectivity index (χ4v) is 4.07. The van der Waals surface area contributed by atoms with E-state index in [9.17, 15) is 9.59 Å². The molecule has 9 nitrogen and oxygen atoms in total. The van der Waals surface area contributed by atoms with Crippen molar-refractivity contribution in [2.24, 2.45) is 0 Å². The molecule has 9 heteroatoms. The summed E-state index contributed by atoms with van der Waals surface area (Å²) in [6.45, 7) is 0.940. The molecule has 164 valence electrons. The van der Waals surface area contributed by atoms with Gasteiger partial charge >= 0.3 is 6.03 Å². The normalized spacial score (nSPS) is 17.0. The van der Waals surface area contributed by atoms with Crippen molar-refractivity contribution in [3.63, 3.8) is 0 Å². The number of amides is 2. The highest BCUT2D eigenvalue weighted by molar-refractivity contribution is 5.90. The van der Waals surface area contributed by atoms with Crippen molar-refractivity contribution >= 4 is 23.8 Å². The van der Waals surface area contributed by atoms with E-state index in [0.29, 0.717) is 30.4 Å². The average Bonchev–Trinajstić information content (AvgIpc) is 2.74. The van der Waals surface area contributed by atoms with E-state index in [-0.39, 0.29) is 29.1 Å². The highest BCUT2D eigenvalue weighted by Gasteiger charge is 2.34. The van der Waals surface area contributed by atoms with E-state index in [0.717, 1.165) is 37.6 Å². The summed E-state index contributed by atoms with van der Waals surface area (Å²) in [6.07, 6.45) is 6.70. The van der Waals surface area contributed by atoms with Crippen molar-refractivity contribution in [1.29, 1.82) is 5.41 Å². The van der Waals surface area contributed by atoms with Gasteiger partial charge in [-0.05, 0) is 37.1 Å². The van der Waals surface area contributed by atoms with Crippen molar-refractivity contribution in [3.05, 3.63) is 46.0 Å². The van der Waals surface area contributed by atoms with Crippen molar-refractivity contribution in [2.75, 3.05) is 30.8 Å². The molecule has 0 radical (unpaired) electrons. The molecule has 2 aliphatic rings. The zero-order valence-electron chi connectivity index (χ0n) is 17.6. The number of carbonyl (C=O) groups excluding carboxylic acids is 1. The van der Waals surface area contributed by atoms with Crippen LogP contribution in [0.1, 0.15) is 49.4 Å². The molecule has 1 saturated carbocycles. The molecule has 2 fully saturated rings. The van der Waals surface area contributed by atoms with Gasteiger partial charge in [0.25, 0.3) is 5.56 Å². The highest BCUT2D eigenvalue weighted by Crippen LogP contribution is 2.27. The number of nitrogens with one attached hydrogen (secondary N) is 4. The number of aromatic amines is 1. The van der Waals surface area contributed by atoms with Crippen LogP contribution in [0.4, 0.5) is 16.3 Å². The molecule has 2 amide bonds. The third kappa shape index (κ3) is 4.70. The molecule has 1 aromatic carbocycles. The molecule has 4 rings (SSSR count). The van der Waals surface area contributed by atoms with E-state index >= 15 is 0 Å². The number of nitrogens with zero attached hydrogens (tertiary/aromatic N) is 2. The Morgan fingerprint density at radius 1 is 1.23 bits per heavy atom. The number of benzene rings is 1. The van der Waals surface area contributed by atoms with Gasteiger partial charge in [-0.2, -0.15) is 0 Å². The number of hydrogen-bond acceptors (Lipinski definition) is 6. The Balaban J connectivity index is 1.40. The summed E-state index contributed by atoms with van der Waals surface area (Å²) in [5, 5.41) is 13.8. The van der Waals surface area contributed by atoms with Gasteiger partial charge in [-0.1, -0.05) is 19.3 Å². The Labute approximate surface area is 180 Å². The Kier molecular flexibility index (Phi) is 6.20. The highest BCUT2D eigenvalue weighted by atomic mass is 16.5. The minimum absolute atomic E-state index is 0.0407. The van der Waals surface area contributed by atoms with Gasteiger partial charge in [0, 0.05) is 31.0 Å². The second-order valence-corrected chi connectivity index (χ2v) is 8.10. The largest absolute Gasteiger partial charge is 0.497 e. The van der Waals surface area contributed by atoms with Crippen LogP contribution < -0.4 is 20.9 Å². The Hall–Kier alpha value is -3.36. The maximum atomic E-state index is 12.5. The number of anilines is 2. The molecule has 1 aromatic heterocycles. The quantitative estimate of drug-likeness (QED) is 0.531. The molecule has 1 aliphatic carbocycles. The molecular formula is C22H28N6O3. The summed E-state index contributed by atoms with van der Waals surface area (Å²) < 4.78 is 5.12. The van der Waals surface area contributed by atoms with E-state index in [1.54, 1.807) is 36.3 Å². The minimum Gasteiger partial charge on any atom is -0.497 e. The van der Waals surface area contributed by atoms with Gasteiger partial charge in [0.15, 0.2) is 0 Å². The van der Waals surface area contributed by atoms with Crippen molar-refractivity contribution in [1.82, 2.24) is 14.9 Å². The number of aromatic nitrogens is 2. The van der Waals surface area contributed by atoms with Crippen LogP contribution in [0.5, 0.6) is 5.75 Å². The Morgan fingerprint density at radius 2 is 1.94 bits per heavy atom. The maximum Gasteiger partial charge on any atom is 0.321 e. The van der Waals surface area contributed by atoms with E-state index < -0.39 is 0 Å². The number of rotatable bonds is 6. The first-order chi connectivity index (χ1) is 15.1. The van der Waals surface area contributed by atoms with Crippen molar-refractivity contribution in [2.45, 2.75) is 44.1 Å². The summed E-state index contributed by atoms with van der Waals surface area (Å²) in [6, 6.07) is 7.23. The molecule has 0 unspecified atom stereocenters. The molecule has 4 N–H and O–H groups in total. The molecule has 1 aliphatic heterocycles. The maximum absolute atomic E-state index is 12.5. The van der Waals surface area contributed by atoms with E-state index in [4.69, 9.17) is 10.1 Å². The van der Waals surface area contributed by atoms with Crippen LogP contribution in [0.15, 0.2) is 29.1 Å². The van der Waals surface area contributed by atoms with Gasteiger partial charge in [0.2, 0.25) is 0 Å². The van der Waals surface area contributed by atoms with Crippen molar-refractivity contribution in [3.8, 4) is 5.75 Å². The van der Waals surface area contributed by atoms with Gasteiger partial charge in [-0.15, -0.1) is 0 Å². The minimum atomic E-state index is -0.320. The SMILES string of the molecule is COc1ccc(NC(=O)N2CC(c3nc(NC4CCCCC4)c(C=N)c(=O)[nH]3)C2)cc1. The number of ether oxygens (including phenoxy) is 1. The van der Waals surface area contributed by atoms with Crippen LogP contribution in [-0.4, -0.2) is 53.4 Å². The zero-order valence-corrected chi connectivity index (χ0v) is 17.6. The van der Waals surface area contributed by atoms with Crippen LogP contribution in [0.25, 0.3) is 0 Å². The number of carbonyl (C=O) groups is 1. The fraction of sp³-hybridized carbons (Fsp3) is 0.455. The number of hydrogen-bond donors (Lipinski definition) is 4. The summed E-state index contributed by atoms with van der Waals surface area (Å²) in [7, 11) is 1.59. The monoisotopic (exact) mass is 424 g/mol. The lowest BCUT2D eigenvalue weighted by Gasteiger charge is -2.38. The van der Waals surface area contributed by atoms with Gasteiger partial charge < -0.3 is 30.7 Å².